The lowest BCUT2D eigenvalue weighted by Crippen LogP contribution is -2.03. The van der Waals surface area contributed by atoms with E-state index >= 15 is 0 Å². The standard InChI is InChI=1S/C18H15ClF2N4/c1-10-7-12(19)3-6-16(10)24-18-22-11(2)8-17(25-18)23-13-4-5-14(20)15(21)9-13/h3-9H,1-2H3,(H2,22,23,24,25). The second-order valence-electron chi connectivity index (χ2n) is 5.56. The van der Waals surface area contributed by atoms with Gasteiger partial charge in [-0.15, -0.1) is 0 Å². The van der Waals surface area contributed by atoms with E-state index in [1.54, 1.807) is 12.1 Å². The number of hydrogen-bond donors (Lipinski definition) is 2. The van der Waals surface area contributed by atoms with Crippen molar-refractivity contribution in [3.63, 3.8) is 0 Å². The highest BCUT2D eigenvalue weighted by Gasteiger charge is 2.07. The van der Waals surface area contributed by atoms with Gasteiger partial charge in [-0.3, -0.25) is 0 Å². The number of hydrogen-bond acceptors (Lipinski definition) is 4. The molecule has 0 aliphatic carbocycles. The Bertz CT molecular complexity index is 931. The average Bonchev–Trinajstić information content (AvgIpc) is 2.53. The van der Waals surface area contributed by atoms with Gasteiger partial charge in [0.15, 0.2) is 11.6 Å². The van der Waals surface area contributed by atoms with E-state index in [-0.39, 0.29) is 0 Å². The van der Waals surface area contributed by atoms with Crippen LogP contribution in [0, 0.1) is 25.5 Å². The highest BCUT2D eigenvalue weighted by atomic mass is 35.5. The lowest BCUT2D eigenvalue weighted by atomic mass is 10.2. The summed E-state index contributed by atoms with van der Waals surface area (Å²) in [7, 11) is 0. The number of rotatable bonds is 4. The number of nitrogens with one attached hydrogen (secondary N) is 2. The Balaban J connectivity index is 1.86. The number of halogens is 3. The summed E-state index contributed by atoms with van der Waals surface area (Å²) in [6, 6.07) is 10.7. The van der Waals surface area contributed by atoms with Gasteiger partial charge in [-0.25, -0.2) is 13.8 Å². The molecule has 0 saturated carbocycles. The molecule has 0 unspecified atom stereocenters. The van der Waals surface area contributed by atoms with Crippen molar-refractivity contribution in [2.75, 3.05) is 10.6 Å². The lowest BCUT2D eigenvalue weighted by molar-refractivity contribution is 0.509. The Labute approximate surface area is 148 Å². The zero-order valence-electron chi connectivity index (χ0n) is 13.6. The van der Waals surface area contributed by atoms with Crippen molar-refractivity contribution in [1.29, 1.82) is 0 Å². The molecule has 0 amide bonds. The topological polar surface area (TPSA) is 49.8 Å². The fourth-order valence-corrected chi connectivity index (χ4v) is 2.52. The third-order valence-electron chi connectivity index (χ3n) is 3.48. The van der Waals surface area contributed by atoms with Gasteiger partial charge in [0.25, 0.3) is 0 Å². The summed E-state index contributed by atoms with van der Waals surface area (Å²) in [6.07, 6.45) is 0. The zero-order chi connectivity index (χ0) is 18.0. The van der Waals surface area contributed by atoms with Crippen molar-refractivity contribution in [2.24, 2.45) is 0 Å². The summed E-state index contributed by atoms with van der Waals surface area (Å²) in [4.78, 5) is 8.69. The molecular weight excluding hydrogens is 346 g/mol. The van der Waals surface area contributed by atoms with Crippen LogP contribution < -0.4 is 10.6 Å². The molecule has 0 spiro atoms. The molecule has 2 N–H and O–H groups in total. The molecule has 25 heavy (non-hydrogen) atoms. The smallest absolute Gasteiger partial charge is 0.229 e. The minimum atomic E-state index is -0.925. The summed E-state index contributed by atoms with van der Waals surface area (Å²) >= 11 is 5.96. The van der Waals surface area contributed by atoms with Gasteiger partial charge in [0.1, 0.15) is 5.82 Å². The van der Waals surface area contributed by atoms with E-state index in [0.717, 1.165) is 23.4 Å². The minimum Gasteiger partial charge on any atom is -0.340 e. The summed E-state index contributed by atoms with van der Waals surface area (Å²) in [5, 5.41) is 6.72. The largest absolute Gasteiger partial charge is 0.340 e. The predicted molar refractivity (Wildman–Crippen MR) is 95.9 cm³/mol. The normalized spacial score (nSPS) is 10.6. The Morgan fingerprint density at radius 1 is 0.880 bits per heavy atom. The Morgan fingerprint density at radius 2 is 1.68 bits per heavy atom. The van der Waals surface area contributed by atoms with Crippen LogP contribution in [-0.4, -0.2) is 9.97 Å². The van der Waals surface area contributed by atoms with Crippen molar-refractivity contribution in [1.82, 2.24) is 9.97 Å². The molecule has 7 heteroatoms. The maximum absolute atomic E-state index is 13.3. The maximum Gasteiger partial charge on any atom is 0.229 e. The predicted octanol–water partition coefficient (Wildman–Crippen LogP) is 5.51. The third-order valence-corrected chi connectivity index (χ3v) is 3.72. The molecule has 0 aliphatic rings. The van der Waals surface area contributed by atoms with E-state index in [1.807, 2.05) is 26.0 Å². The fourth-order valence-electron chi connectivity index (χ4n) is 2.30. The van der Waals surface area contributed by atoms with Crippen molar-refractivity contribution in [3.8, 4) is 0 Å². The van der Waals surface area contributed by atoms with E-state index in [1.165, 1.54) is 6.07 Å². The molecule has 0 aliphatic heterocycles. The first kappa shape index (κ1) is 17.1. The van der Waals surface area contributed by atoms with Crippen LogP contribution in [0.3, 0.4) is 0 Å². The van der Waals surface area contributed by atoms with E-state index < -0.39 is 11.6 Å². The van der Waals surface area contributed by atoms with Crippen LogP contribution in [0.15, 0.2) is 42.5 Å². The van der Waals surface area contributed by atoms with Gasteiger partial charge in [-0.1, -0.05) is 11.6 Å². The number of benzene rings is 2. The second kappa shape index (κ2) is 7.03. The van der Waals surface area contributed by atoms with Gasteiger partial charge in [-0.05, 0) is 49.7 Å². The third kappa shape index (κ3) is 4.22. The van der Waals surface area contributed by atoms with Crippen LogP contribution in [0.2, 0.25) is 5.02 Å². The Kier molecular flexibility index (Phi) is 4.81. The van der Waals surface area contributed by atoms with Gasteiger partial charge in [0, 0.05) is 34.2 Å². The van der Waals surface area contributed by atoms with Gasteiger partial charge in [-0.2, -0.15) is 4.98 Å². The first-order valence-electron chi connectivity index (χ1n) is 7.51. The van der Waals surface area contributed by atoms with Gasteiger partial charge >= 0.3 is 0 Å². The first-order valence-corrected chi connectivity index (χ1v) is 7.89. The molecule has 1 heterocycles. The van der Waals surface area contributed by atoms with Gasteiger partial charge in [0.2, 0.25) is 5.95 Å². The van der Waals surface area contributed by atoms with Crippen LogP contribution in [0.25, 0.3) is 0 Å². The highest BCUT2D eigenvalue weighted by Crippen LogP contribution is 2.24. The monoisotopic (exact) mass is 360 g/mol. The maximum atomic E-state index is 13.3. The number of aromatic nitrogens is 2. The van der Waals surface area contributed by atoms with Crippen LogP contribution in [-0.2, 0) is 0 Å². The summed E-state index contributed by atoms with van der Waals surface area (Å²) in [5.74, 6) is -0.973. The van der Waals surface area contributed by atoms with Crippen molar-refractivity contribution < 1.29 is 8.78 Å². The summed E-state index contributed by atoms with van der Waals surface area (Å²) in [6.45, 7) is 3.74. The minimum absolute atomic E-state index is 0.385. The second-order valence-corrected chi connectivity index (χ2v) is 5.99. The molecule has 128 valence electrons. The quantitative estimate of drug-likeness (QED) is 0.644. The summed E-state index contributed by atoms with van der Waals surface area (Å²) in [5.41, 5.74) is 2.89. The molecule has 4 nitrogen and oxygen atoms in total. The molecule has 0 fully saturated rings. The fraction of sp³-hybridized carbons (Fsp3) is 0.111. The molecular formula is C18H15ClF2N4. The van der Waals surface area contributed by atoms with Crippen LogP contribution in [0.1, 0.15) is 11.3 Å². The van der Waals surface area contributed by atoms with Crippen LogP contribution in [0.5, 0.6) is 0 Å². The van der Waals surface area contributed by atoms with E-state index in [9.17, 15) is 8.78 Å². The Hall–Kier alpha value is -2.73. The van der Waals surface area contributed by atoms with Crippen molar-refractivity contribution >= 4 is 34.7 Å². The Morgan fingerprint density at radius 3 is 2.40 bits per heavy atom. The molecule has 0 atom stereocenters. The molecule has 2 aromatic carbocycles. The highest BCUT2D eigenvalue weighted by molar-refractivity contribution is 6.30. The summed E-state index contributed by atoms with van der Waals surface area (Å²) < 4.78 is 26.4. The first-order chi connectivity index (χ1) is 11.9. The van der Waals surface area contributed by atoms with E-state index in [0.29, 0.717) is 28.2 Å². The van der Waals surface area contributed by atoms with E-state index in [2.05, 4.69) is 20.6 Å². The molecule has 0 radical (unpaired) electrons. The lowest BCUT2D eigenvalue weighted by Gasteiger charge is -2.12. The van der Waals surface area contributed by atoms with Crippen LogP contribution in [0.4, 0.5) is 31.9 Å². The van der Waals surface area contributed by atoms with Crippen molar-refractivity contribution in [3.05, 3.63) is 70.4 Å². The zero-order valence-corrected chi connectivity index (χ0v) is 14.3. The van der Waals surface area contributed by atoms with E-state index in [4.69, 9.17) is 11.6 Å². The van der Waals surface area contributed by atoms with Gasteiger partial charge in [0.05, 0.1) is 0 Å². The average molecular weight is 361 g/mol. The van der Waals surface area contributed by atoms with Gasteiger partial charge < -0.3 is 10.6 Å². The number of nitrogens with zero attached hydrogens (tertiary/aromatic N) is 2. The van der Waals surface area contributed by atoms with Crippen molar-refractivity contribution in [2.45, 2.75) is 13.8 Å². The molecule has 3 aromatic rings. The molecule has 1 aromatic heterocycles. The number of aryl methyl sites for hydroxylation is 2. The van der Waals surface area contributed by atoms with Crippen LogP contribution >= 0.6 is 11.6 Å². The molecule has 0 bridgehead atoms. The molecule has 0 saturated heterocycles. The SMILES string of the molecule is Cc1cc(Nc2ccc(F)c(F)c2)nc(Nc2ccc(Cl)cc2C)n1. The number of anilines is 4. The molecule has 3 rings (SSSR count).